The molecule has 0 fully saturated rings. The Bertz CT molecular complexity index is 1460. The lowest BCUT2D eigenvalue weighted by Crippen LogP contribution is -2.10. The molecule has 0 N–H and O–H groups in total. The number of rotatable bonds is 3. The van der Waals surface area contributed by atoms with Crippen LogP contribution in [0.5, 0.6) is 0 Å². The van der Waals surface area contributed by atoms with Crippen LogP contribution in [0, 0.1) is 0 Å². The summed E-state index contributed by atoms with van der Waals surface area (Å²) in [6, 6.07) is 25.4. The van der Waals surface area contributed by atoms with E-state index >= 15 is 0 Å². The molecule has 0 aliphatic rings. The van der Waals surface area contributed by atoms with E-state index in [9.17, 15) is 0 Å². The Morgan fingerprint density at radius 3 is 2.19 bits per heavy atom. The van der Waals surface area contributed by atoms with Crippen LogP contribution in [0.15, 0.2) is 83.4 Å². The summed E-state index contributed by atoms with van der Waals surface area (Å²) in [5.41, 5.74) is 8.41. The van der Waals surface area contributed by atoms with E-state index in [1.54, 1.807) is 6.20 Å². The molecule has 0 saturated carbocycles. The molecule has 0 spiro atoms. The first-order chi connectivity index (χ1) is 15.6. The summed E-state index contributed by atoms with van der Waals surface area (Å²) in [5.74, 6) is -0.661. The molecule has 2 heteroatoms. The van der Waals surface area contributed by atoms with Gasteiger partial charge in [-0.15, -0.1) is 0 Å². The lowest BCUT2D eigenvalue weighted by atomic mass is 9.86. The average Bonchev–Trinajstić information content (AvgIpc) is 3.15. The van der Waals surface area contributed by atoms with Crippen LogP contribution in [0.25, 0.3) is 44.3 Å². The number of nitrogens with zero attached hydrogens (tertiary/aromatic N) is 1. The Kier molecular flexibility index (Phi) is 4.61. The van der Waals surface area contributed by atoms with Crippen molar-refractivity contribution in [3.8, 4) is 22.4 Å². The summed E-state index contributed by atoms with van der Waals surface area (Å²) >= 11 is 0. The number of hydrogen-bond acceptors (Lipinski definition) is 2. The highest BCUT2D eigenvalue weighted by molar-refractivity contribution is 6.07. The maximum Gasteiger partial charge on any atom is 0.136 e. The van der Waals surface area contributed by atoms with Crippen molar-refractivity contribution >= 4 is 21.9 Å². The minimum atomic E-state index is -0.661. The Morgan fingerprint density at radius 1 is 0.750 bits per heavy atom. The van der Waals surface area contributed by atoms with Crippen molar-refractivity contribution in [2.24, 2.45) is 0 Å². The molecule has 0 atom stereocenters. The quantitative estimate of drug-likeness (QED) is 0.291. The molecule has 32 heavy (non-hydrogen) atoms. The van der Waals surface area contributed by atoms with Crippen molar-refractivity contribution in [3.05, 3.63) is 90.1 Å². The summed E-state index contributed by atoms with van der Waals surface area (Å²) in [6.45, 7) is 10.5. The minimum Gasteiger partial charge on any atom is -0.456 e. The molecule has 5 rings (SSSR count). The van der Waals surface area contributed by atoms with E-state index in [0.29, 0.717) is 0 Å². The van der Waals surface area contributed by atoms with Crippen LogP contribution in [0.3, 0.4) is 0 Å². The van der Waals surface area contributed by atoms with E-state index in [1.807, 2.05) is 38.1 Å². The van der Waals surface area contributed by atoms with Gasteiger partial charge in [-0.2, -0.15) is 0 Å². The van der Waals surface area contributed by atoms with Crippen molar-refractivity contribution in [1.82, 2.24) is 4.98 Å². The van der Waals surface area contributed by atoms with Gasteiger partial charge < -0.3 is 4.42 Å². The highest BCUT2D eigenvalue weighted by Crippen LogP contribution is 2.35. The van der Waals surface area contributed by atoms with Crippen LogP contribution >= 0.6 is 0 Å². The maximum absolute atomic E-state index is 8.34. The van der Waals surface area contributed by atoms with Crippen molar-refractivity contribution in [2.75, 3.05) is 0 Å². The van der Waals surface area contributed by atoms with Crippen molar-refractivity contribution in [3.63, 3.8) is 0 Å². The van der Waals surface area contributed by atoms with Gasteiger partial charge in [0.05, 0.1) is 5.69 Å². The number of hydrogen-bond donors (Lipinski definition) is 0. The molecule has 2 nitrogen and oxygen atoms in total. The van der Waals surface area contributed by atoms with Crippen LogP contribution in [0.1, 0.15) is 53.0 Å². The van der Waals surface area contributed by atoms with Gasteiger partial charge in [-0.3, -0.25) is 4.98 Å². The van der Waals surface area contributed by atoms with Crippen LogP contribution in [-0.2, 0) is 5.41 Å². The summed E-state index contributed by atoms with van der Waals surface area (Å²) in [4.78, 5) is 4.56. The Balaban J connectivity index is 1.55. The van der Waals surface area contributed by atoms with E-state index in [0.717, 1.165) is 44.3 Å². The molecular formula is C30H29NO. The minimum absolute atomic E-state index is 0.143. The van der Waals surface area contributed by atoms with Crippen molar-refractivity contribution in [2.45, 2.75) is 45.9 Å². The third-order valence-corrected chi connectivity index (χ3v) is 6.19. The second-order valence-corrected chi connectivity index (χ2v) is 9.78. The molecule has 0 aliphatic carbocycles. The zero-order valence-electron chi connectivity index (χ0n) is 20.4. The molecule has 0 radical (unpaired) electrons. The summed E-state index contributed by atoms with van der Waals surface area (Å²) in [6.07, 6.45) is 1.79. The van der Waals surface area contributed by atoms with Crippen molar-refractivity contribution < 1.29 is 5.79 Å². The molecule has 0 bridgehead atoms. The fourth-order valence-electron chi connectivity index (χ4n) is 4.18. The van der Waals surface area contributed by atoms with Crippen LogP contribution in [-0.4, -0.2) is 4.98 Å². The summed E-state index contributed by atoms with van der Waals surface area (Å²) in [7, 11) is 0. The van der Waals surface area contributed by atoms with Crippen LogP contribution < -0.4 is 0 Å². The van der Waals surface area contributed by atoms with E-state index < -0.39 is 5.89 Å². The normalized spacial score (nSPS) is 13.0. The largest absolute Gasteiger partial charge is 0.456 e. The van der Waals surface area contributed by atoms with Crippen LogP contribution in [0.4, 0.5) is 0 Å². The molecule has 3 aromatic carbocycles. The van der Waals surface area contributed by atoms with Gasteiger partial charge in [-0.1, -0.05) is 65.0 Å². The van der Waals surface area contributed by atoms with Crippen LogP contribution in [0.2, 0.25) is 0 Å². The lowest BCUT2D eigenvalue weighted by Gasteiger charge is -2.19. The SMILES string of the molecule is [2H]C(C)(C)c1ccnc(-c2ccc3oc4cc(-c5ccc(C(C)(C)C)cc5)ccc4c3c2)c1. The summed E-state index contributed by atoms with van der Waals surface area (Å²) in [5, 5.41) is 2.17. The number of pyridine rings is 1. The molecule has 5 aromatic rings. The fourth-order valence-corrected chi connectivity index (χ4v) is 4.18. The standard InChI is InChI=1S/C30H29NO/c1-19(2)21-14-15-31-27(17-21)23-9-13-28-26(16-23)25-12-8-22(18-29(25)32-28)20-6-10-24(11-7-20)30(3,4)5/h6-19H,1-5H3/i19D. The Morgan fingerprint density at radius 2 is 1.47 bits per heavy atom. The average molecular weight is 421 g/mol. The van der Waals surface area contributed by atoms with E-state index in [-0.39, 0.29) is 5.41 Å². The zero-order chi connectivity index (χ0) is 23.4. The topological polar surface area (TPSA) is 26.0 Å². The first-order valence-corrected chi connectivity index (χ1v) is 11.1. The first-order valence-electron chi connectivity index (χ1n) is 11.6. The molecule has 0 unspecified atom stereocenters. The van der Waals surface area contributed by atoms with E-state index in [4.69, 9.17) is 5.79 Å². The van der Waals surface area contributed by atoms with Gasteiger partial charge in [0, 0.05) is 23.9 Å². The van der Waals surface area contributed by atoms with Gasteiger partial charge >= 0.3 is 0 Å². The molecule has 2 aromatic heterocycles. The van der Waals surface area contributed by atoms with Gasteiger partial charge in [-0.05, 0) is 76.0 Å². The first kappa shape index (κ1) is 19.3. The van der Waals surface area contributed by atoms with E-state index in [1.165, 1.54) is 11.1 Å². The number of aromatic nitrogens is 1. The monoisotopic (exact) mass is 420 g/mol. The Hall–Kier alpha value is -3.39. The van der Waals surface area contributed by atoms with Gasteiger partial charge in [0.25, 0.3) is 0 Å². The smallest absolute Gasteiger partial charge is 0.136 e. The lowest BCUT2D eigenvalue weighted by molar-refractivity contribution is 0.590. The number of benzene rings is 3. The predicted octanol–water partition coefficient (Wildman–Crippen LogP) is 8.74. The predicted molar refractivity (Wildman–Crippen MR) is 135 cm³/mol. The number of fused-ring (bicyclic) bond motifs is 3. The maximum atomic E-state index is 8.34. The molecule has 0 aliphatic heterocycles. The highest BCUT2D eigenvalue weighted by Gasteiger charge is 2.14. The van der Waals surface area contributed by atoms with Gasteiger partial charge in [0.15, 0.2) is 0 Å². The zero-order valence-corrected chi connectivity index (χ0v) is 19.4. The second kappa shape index (κ2) is 7.63. The highest BCUT2D eigenvalue weighted by atomic mass is 16.3. The summed E-state index contributed by atoms with van der Waals surface area (Å²) < 4.78 is 14.5. The van der Waals surface area contributed by atoms with Gasteiger partial charge in [0.2, 0.25) is 0 Å². The second-order valence-electron chi connectivity index (χ2n) is 9.78. The van der Waals surface area contributed by atoms with Crippen molar-refractivity contribution in [1.29, 1.82) is 0 Å². The van der Waals surface area contributed by atoms with Gasteiger partial charge in [0.1, 0.15) is 11.2 Å². The van der Waals surface area contributed by atoms with E-state index in [2.05, 4.69) is 74.3 Å². The molecule has 2 heterocycles. The molecule has 160 valence electrons. The Labute approximate surface area is 191 Å². The molecule has 0 amide bonds. The molecule has 0 saturated heterocycles. The third-order valence-electron chi connectivity index (χ3n) is 6.19. The molecular weight excluding hydrogens is 390 g/mol. The number of furan rings is 1. The fraction of sp³-hybridized carbons (Fsp3) is 0.233. The van der Waals surface area contributed by atoms with Gasteiger partial charge in [-0.25, -0.2) is 0 Å². The third kappa shape index (κ3) is 3.71.